The lowest BCUT2D eigenvalue weighted by molar-refractivity contribution is -0.138. The Morgan fingerprint density at radius 1 is 1.25 bits per heavy atom. The first-order valence-corrected chi connectivity index (χ1v) is 6.68. The first-order chi connectivity index (χ1) is 9.38. The molecule has 1 aromatic carbocycles. The first-order valence-electron chi connectivity index (χ1n) is 5.89. The van der Waals surface area contributed by atoms with Crippen LogP contribution in [0.5, 0.6) is 0 Å². The van der Waals surface area contributed by atoms with E-state index in [9.17, 15) is 13.2 Å². The monoisotopic (exact) mass is 344 g/mol. The summed E-state index contributed by atoms with van der Waals surface area (Å²) in [6.07, 6.45) is -2.70. The summed E-state index contributed by atoms with van der Waals surface area (Å²) in [5.74, 6) is 0.521. The van der Waals surface area contributed by atoms with Crippen LogP contribution in [0.1, 0.15) is 16.7 Å². The van der Waals surface area contributed by atoms with Gasteiger partial charge in [-0.05, 0) is 46.1 Å². The molecule has 1 N–H and O–H groups in total. The van der Waals surface area contributed by atoms with E-state index in [1.165, 1.54) is 12.1 Å². The van der Waals surface area contributed by atoms with Gasteiger partial charge in [0.05, 0.1) is 10.0 Å². The Morgan fingerprint density at radius 2 is 1.95 bits per heavy atom. The first kappa shape index (κ1) is 14.8. The molecular weight excluding hydrogens is 333 g/mol. The summed E-state index contributed by atoms with van der Waals surface area (Å²) in [7, 11) is 0. The van der Waals surface area contributed by atoms with Gasteiger partial charge in [-0.2, -0.15) is 13.2 Å². The standard InChI is InChI=1S/C14H12BrF3N2/c1-9-6-12(15)13(19-7-9)20-8-10-4-2-3-5-11(10)14(16,17)18/h2-7H,8H2,1H3,(H,19,20). The third-order valence-corrected chi connectivity index (χ3v) is 3.35. The molecule has 0 fully saturated rings. The van der Waals surface area contributed by atoms with Gasteiger partial charge in [0.25, 0.3) is 0 Å². The van der Waals surface area contributed by atoms with E-state index >= 15 is 0 Å². The zero-order chi connectivity index (χ0) is 14.8. The molecule has 0 radical (unpaired) electrons. The number of hydrogen-bond donors (Lipinski definition) is 1. The average Bonchev–Trinajstić information content (AvgIpc) is 2.37. The lowest BCUT2D eigenvalue weighted by Crippen LogP contribution is -2.12. The van der Waals surface area contributed by atoms with E-state index in [4.69, 9.17) is 0 Å². The minimum Gasteiger partial charge on any atom is -0.365 e. The third-order valence-electron chi connectivity index (χ3n) is 2.75. The van der Waals surface area contributed by atoms with Gasteiger partial charge >= 0.3 is 6.18 Å². The highest BCUT2D eigenvalue weighted by molar-refractivity contribution is 9.10. The lowest BCUT2D eigenvalue weighted by atomic mass is 10.1. The van der Waals surface area contributed by atoms with Crippen LogP contribution < -0.4 is 5.32 Å². The summed E-state index contributed by atoms with van der Waals surface area (Å²) in [6, 6.07) is 7.35. The number of anilines is 1. The zero-order valence-electron chi connectivity index (χ0n) is 10.6. The number of hydrogen-bond acceptors (Lipinski definition) is 2. The van der Waals surface area contributed by atoms with Crippen LogP contribution in [0.4, 0.5) is 19.0 Å². The average molecular weight is 345 g/mol. The lowest BCUT2D eigenvalue weighted by Gasteiger charge is -2.14. The van der Waals surface area contributed by atoms with Crippen molar-refractivity contribution in [3.8, 4) is 0 Å². The number of nitrogens with one attached hydrogen (secondary N) is 1. The van der Waals surface area contributed by atoms with E-state index in [0.717, 1.165) is 16.1 Å². The van der Waals surface area contributed by atoms with Crippen molar-refractivity contribution in [2.24, 2.45) is 0 Å². The number of aromatic nitrogens is 1. The van der Waals surface area contributed by atoms with Gasteiger partial charge in [-0.25, -0.2) is 4.98 Å². The quantitative estimate of drug-likeness (QED) is 0.866. The highest BCUT2D eigenvalue weighted by Gasteiger charge is 2.32. The molecule has 0 unspecified atom stereocenters. The van der Waals surface area contributed by atoms with Gasteiger partial charge in [0.15, 0.2) is 0 Å². The van der Waals surface area contributed by atoms with Crippen molar-refractivity contribution in [1.82, 2.24) is 4.98 Å². The molecule has 1 heterocycles. The van der Waals surface area contributed by atoms with Crippen LogP contribution >= 0.6 is 15.9 Å². The van der Waals surface area contributed by atoms with Gasteiger partial charge in [0, 0.05) is 12.7 Å². The molecular formula is C14H12BrF3N2. The van der Waals surface area contributed by atoms with Crippen LogP contribution in [0.3, 0.4) is 0 Å². The van der Waals surface area contributed by atoms with Gasteiger partial charge < -0.3 is 5.32 Å². The zero-order valence-corrected chi connectivity index (χ0v) is 12.2. The Labute approximate surface area is 123 Å². The van der Waals surface area contributed by atoms with E-state index in [1.54, 1.807) is 12.3 Å². The Kier molecular flexibility index (Phi) is 4.32. The molecule has 0 aliphatic carbocycles. The molecule has 6 heteroatoms. The topological polar surface area (TPSA) is 24.9 Å². The third kappa shape index (κ3) is 3.50. The van der Waals surface area contributed by atoms with E-state index in [2.05, 4.69) is 26.2 Å². The Hall–Kier alpha value is -1.56. The van der Waals surface area contributed by atoms with Crippen LogP contribution in [0, 0.1) is 6.92 Å². The minimum atomic E-state index is -4.35. The summed E-state index contributed by atoms with van der Waals surface area (Å²) in [5.41, 5.74) is 0.531. The van der Waals surface area contributed by atoms with Crippen molar-refractivity contribution < 1.29 is 13.2 Å². The van der Waals surface area contributed by atoms with Crippen LogP contribution in [-0.4, -0.2) is 4.98 Å². The second-order valence-electron chi connectivity index (χ2n) is 4.35. The maximum atomic E-state index is 12.9. The van der Waals surface area contributed by atoms with Crippen molar-refractivity contribution in [2.45, 2.75) is 19.6 Å². The summed E-state index contributed by atoms with van der Waals surface area (Å²) < 4.78 is 39.3. The fraction of sp³-hybridized carbons (Fsp3) is 0.214. The fourth-order valence-electron chi connectivity index (χ4n) is 1.79. The van der Waals surface area contributed by atoms with Crippen molar-refractivity contribution >= 4 is 21.7 Å². The Morgan fingerprint density at radius 3 is 2.60 bits per heavy atom. The molecule has 2 nitrogen and oxygen atoms in total. The van der Waals surface area contributed by atoms with Crippen LogP contribution in [0.25, 0.3) is 0 Å². The molecule has 0 atom stereocenters. The van der Waals surface area contributed by atoms with E-state index in [-0.39, 0.29) is 12.1 Å². The maximum absolute atomic E-state index is 12.9. The largest absolute Gasteiger partial charge is 0.416 e. The molecule has 0 saturated heterocycles. The molecule has 0 aliphatic rings. The Bertz CT molecular complexity index is 612. The molecule has 1 aromatic heterocycles. The minimum absolute atomic E-state index is 0.0599. The molecule has 0 bridgehead atoms. The van der Waals surface area contributed by atoms with Gasteiger partial charge in [-0.3, -0.25) is 0 Å². The van der Waals surface area contributed by atoms with E-state index < -0.39 is 11.7 Å². The number of alkyl halides is 3. The molecule has 20 heavy (non-hydrogen) atoms. The molecule has 0 saturated carbocycles. The fourth-order valence-corrected chi connectivity index (χ4v) is 2.40. The summed E-state index contributed by atoms with van der Waals surface area (Å²) in [6.45, 7) is 1.95. The van der Waals surface area contributed by atoms with Gasteiger partial charge in [-0.1, -0.05) is 18.2 Å². The van der Waals surface area contributed by atoms with Crippen molar-refractivity contribution in [3.05, 3.63) is 57.7 Å². The van der Waals surface area contributed by atoms with E-state index in [0.29, 0.717) is 5.82 Å². The van der Waals surface area contributed by atoms with Crippen molar-refractivity contribution in [1.29, 1.82) is 0 Å². The number of benzene rings is 1. The summed E-state index contributed by atoms with van der Waals surface area (Å²) in [4.78, 5) is 4.15. The molecule has 2 rings (SSSR count). The SMILES string of the molecule is Cc1cnc(NCc2ccccc2C(F)(F)F)c(Br)c1. The van der Waals surface area contributed by atoms with Gasteiger partial charge in [-0.15, -0.1) is 0 Å². The highest BCUT2D eigenvalue weighted by atomic mass is 79.9. The maximum Gasteiger partial charge on any atom is 0.416 e. The van der Waals surface area contributed by atoms with Crippen molar-refractivity contribution in [2.75, 3.05) is 5.32 Å². The summed E-state index contributed by atoms with van der Waals surface area (Å²) >= 11 is 3.33. The molecule has 0 amide bonds. The molecule has 106 valence electrons. The second kappa shape index (κ2) is 5.83. The van der Waals surface area contributed by atoms with Crippen LogP contribution in [0.15, 0.2) is 41.0 Å². The number of pyridine rings is 1. The predicted octanol–water partition coefficient (Wildman–Crippen LogP) is 4.78. The number of rotatable bonds is 3. The molecule has 0 aliphatic heterocycles. The van der Waals surface area contributed by atoms with Crippen LogP contribution in [-0.2, 0) is 12.7 Å². The highest BCUT2D eigenvalue weighted by Crippen LogP contribution is 2.32. The van der Waals surface area contributed by atoms with Gasteiger partial charge in [0.2, 0.25) is 0 Å². The smallest absolute Gasteiger partial charge is 0.365 e. The van der Waals surface area contributed by atoms with Crippen molar-refractivity contribution in [3.63, 3.8) is 0 Å². The molecule has 0 spiro atoms. The Balaban J connectivity index is 2.19. The predicted molar refractivity (Wildman–Crippen MR) is 75.4 cm³/mol. The second-order valence-corrected chi connectivity index (χ2v) is 5.21. The summed E-state index contributed by atoms with van der Waals surface area (Å²) in [5, 5.41) is 2.91. The number of aryl methyl sites for hydroxylation is 1. The molecule has 2 aromatic rings. The van der Waals surface area contributed by atoms with E-state index in [1.807, 2.05) is 13.0 Å². The number of halogens is 4. The number of nitrogens with zero attached hydrogens (tertiary/aromatic N) is 1. The van der Waals surface area contributed by atoms with Gasteiger partial charge in [0.1, 0.15) is 5.82 Å². The van der Waals surface area contributed by atoms with Crippen LogP contribution in [0.2, 0.25) is 0 Å². The normalized spacial score (nSPS) is 11.4.